The minimum atomic E-state index is -4.77. The number of esters is 1. The third kappa shape index (κ3) is 4.92. The zero-order chi connectivity index (χ0) is 19.5. The Bertz CT molecular complexity index is 854. The summed E-state index contributed by atoms with van der Waals surface area (Å²) in [7, 11) is 0. The Morgan fingerprint density at radius 3 is 2.35 bits per heavy atom. The summed E-state index contributed by atoms with van der Waals surface area (Å²) in [5.41, 5.74) is -2.11. The van der Waals surface area contributed by atoms with Crippen molar-refractivity contribution in [1.29, 1.82) is 0 Å². The van der Waals surface area contributed by atoms with E-state index in [-0.39, 0.29) is 10.6 Å². The van der Waals surface area contributed by atoms with Crippen LogP contribution in [0.3, 0.4) is 0 Å². The van der Waals surface area contributed by atoms with Crippen molar-refractivity contribution in [3.8, 4) is 0 Å². The lowest BCUT2D eigenvalue weighted by molar-refractivity contribution is -0.137. The first-order valence-corrected chi connectivity index (χ1v) is 7.24. The van der Waals surface area contributed by atoms with Crippen molar-refractivity contribution in [2.75, 3.05) is 11.9 Å². The lowest BCUT2D eigenvalue weighted by atomic mass is 10.1. The topological polar surface area (TPSA) is 55.4 Å². The van der Waals surface area contributed by atoms with Crippen molar-refractivity contribution in [3.05, 3.63) is 64.2 Å². The van der Waals surface area contributed by atoms with E-state index in [4.69, 9.17) is 11.6 Å². The van der Waals surface area contributed by atoms with Crippen LogP contribution in [0.5, 0.6) is 0 Å². The molecule has 138 valence electrons. The van der Waals surface area contributed by atoms with Gasteiger partial charge >= 0.3 is 12.1 Å². The van der Waals surface area contributed by atoms with Crippen LogP contribution >= 0.6 is 11.6 Å². The Kier molecular flexibility index (Phi) is 5.81. The molecule has 0 aromatic heterocycles. The molecule has 0 saturated carbocycles. The molecule has 1 amide bonds. The Morgan fingerprint density at radius 1 is 1.04 bits per heavy atom. The van der Waals surface area contributed by atoms with Gasteiger partial charge in [-0.2, -0.15) is 13.2 Å². The summed E-state index contributed by atoms with van der Waals surface area (Å²) in [6.07, 6.45) is -4.77. The molecule has 0 saturated heterocycles. The normalized spacial score (nSPS) is 11.2. The number of hydrogen-bond acceptors (Lipinski definition) is 3. The predicted molar refractivity (Wildman–Crippen MR) is 81.7 cm³/mol. The molecule has 0 bridgehead atoms. The molecule has 0 aliphatic heterocycles. The van der Waals surface area contributed by atoms with Crippen LogP contribution in [0, 0.1) is 11.6 Å². The fourth-order valence-electron chi connectivity index (χ4n) is 1.88. The van der Waals surface area contributed by atoms with Crippen LogP contribution in [-0.2, 0) is 15.7 Å². The van der Waals surface area contributed by atoms with Crippen LogP contribution in [0.4, 0.5) is 27.6 Å². The van der Waals surface area contributed by atoms with Gasteiger partial charge in [-0.25, -0.2) is 13.6 Å². The zero-order valence-corrected chi connectivity index (χ0v) is 13.4. The van der Waals surface area contributed by atoms with Crippen molar-refractivity contribution in [2.45, 2.75) is 6.18 Å². The number of halogens is 6. The molecule has 0 aliphatic carbocycles. The number of rotatable bonds is 4. The van der Waals surface area contributed by atoms with Gasteiger partial charge in [-0.05, 0) is 36.4 Å². The molecule has 0 atom stereocenters. The molecule has 0 radical (unpaired) electrons. The van der Waals surface area contributed by atoms with Crippen molar-refractivity contribution >= 4 is 29.2 Å². The summed E-state index contributed by atoms with van der Waals surface area (Å²) in [6, 6.07) is 4.90. The van der Waals surface area contributed by atoms with Crippen molar-refractivity contribution < 1.29 is 36.3 Å². The molecule has 26 heavy (non-hydrogen) atoms. The highest BCUT2D eigenvalue weighted by Gasteiger charge is 2.34. The SMILES string of the molecule is O=C(COC(=O)c1ccc(F)c(F)c1)Nc1ccc(Cl)cc1C(F)(F)F. The highest BCUT2D eigenvalue weighted by atomic mass is 35.5. The fraction of sp³-hybridized carbons (Fsp3) is 0.125. The van der Waals surface area contributed by atoms with Crippen LogP contribution in [0.2, 0.25) is 5.02 Å². The van der Waals surface area contributed by atoms with Crippen LogP contribution in [0.25, 0.3) is 0 Å². The van der Waals surface area contributed by atoms with Gasteiger partial charge in [-0.1, -0.05) is 11.6 Å². The van der Waals surface area contributed by atoms with E-state index in [0.29, 0.717) is 18.2 Å². The summed E-state index contributed by atoms with van der Waals surface area (Å²) in [5, 5.41) is 1.76. The first-order chi connectivity index (χ1) is 12.1. The molecular formula is C16H9ClF5NO3. The maximum atomic E-state index is 13.0. The number of carbonyl (C=O) groups excluding carboxylic acids is 2. The van der Waals surface area contributed by atoms with Crippen molar-refractivity contribution in [3.63, 3.8) is 0 Å². The summed E-state index contributed by atoms with van der Waals surface area (Å²) in [6.45, 7) is -0.933. The van der Waals surface area contributed by atoms with Gasteiger partial charge in [0.05, 0.1) is 16.8 Å². The molecule has 0 unspecified atom stereocenters. The number of alkyl halides is 3. The number of amides is 1. The second-order valence-corrected chi connectivity index (χ2v) is 5.38. The lowest BCUT2D eigenvalue weighted by Gasteiger charge is -2.14. The average Bonchev–Trinajstić information content (AvgIpc) is 2.56. The van der Waals surface area contributed by atoms with E-state index in [1.54, 1.807) is 0 Å². The molecule has 10 heteroatoms. The molecule has 0 spiro atoms. The lowest BCUT2D eigenvalue weighted by Crippen LogP contribution is -2.22. The van der Waals surface area contributed by atoms with Gasteiger partial charge in [0.15, 0.2) is 18.2 Å². The first kappa shape index (κ1) is 19.6. The van der Waals surface area contributed by atoms with Gasteiger partial charge in [-0.15, -0.1) is 0 Å². The second-order valence-electron chi connectivity index (χ2n) is 4.94. The van der Waals surface area contributed by atoms with E-state index in [9.17, 15) is 31.5 Å². The maximum absolute atomic E-state index is 13.0. The molecule has 2 aromatic carbocycles. The molecule has 0 heterocycles. The summed E-state index contributed by atoms with van der Waals surface area (Å²) < 4.78 is 69.2. The maximum Gasteiger partial charge on any atom is 0.418 e. The van der Waals surface area contributed by atoms with Gasteiger partial charge < -0.3 is 10.1 Å². The molecule has 1 N–H and O–H groups in total. The molecule has 0 fully saturated rings. The van der Waals surface area contributed by atoms with E-state index in [1.807, 2.05) is 5.32 Å². The van der Waals surface area contributed by atoms with E-state index in [1.165, 1.54) is 0 Å². The molecule has 2 aromatic rings. The van der Waals surface area contributed by atoms with E-state index in [2.05, 4.69) is 4.74 Å². The Hall–Kier alpha value is -2.68. The predicted octanol–water partition coefficient (Wildman–Crippen LogP) is 4.43. The second kappa shape index (κ2) is 7.69. The van der Waals surface area contributed by atoms with E-state index >= 15 is 0 Å². The third-order valence-corrected chi connectivity index (χ3v) is 3.29. The highest BCUT2D eigenvalue weighted by molar-refractivity contribution is 6.30. The van der Waals surface area contributed by atoms with E-state index < -0.39 is 47.5 Å². The summed E-state index contributed by atoms with van der Waals surface area (Å²) in [4.78, 5) is 23.4. The van der Waals surface area contributed by atoms with Gasteiger partial charge in [0, 0.05) is 5.02 Å². The Morgan fingerprint density at radius 2 is 1.73 bits per heavy atom. The highest BCUT2D eigenvalue weighted by Crippen LogP contribution is 2.36. The van der Waals surface area contributed by atoms with Crippen LogP contribution in [0.15, 0.2) is 36.4 Å². The van der Waals surface area contributed by atoms with Gasteiger partial charge in [0.25, 0.3) is 5.91 Å². The van der Waals surface area contributed by atoms with Crippen LogP contribution in [-0.4, -0.2) is 18.5 Å². The van der Waals surface area contributed by atoms with Gasteiger partial charge in [0.2, 0.25) is 0 Å². The molecule has 2 rings (SSSR count). The van der Waals surface area contributed by atoms with Crippen molar-refractivity contribution in [1.82, 2.24) is 0 Å². The Balaban J connectivity index is 2.03. The van der Waals surface area contributed by atoms with Gasteiger partial charge in [-0.3, -0.25) is 4.79 Å². The Labute approximate surface area is 148 Å². The molecular weight excluding hydrogens is 385 g/mol. The van der Waals surface area contributed by atoms with Crippen molar-refractivity contribution in [2.24, 2.45) is 0 Å². The average molecular weight is 394 g/mol. The monoisotopic (exact) mass is 393 g/mol. The first-order valence-electron chi connectivity index (χ1n) is 6.86. The minimum Gasteiger partial charge on any atom is -0.452 e. The van der Waals surface area contributed by atoms with Gasteiger partial charge in [0.1, 0.15) is 0 Å². The smallest absolute Gasteiger partial charge is 0.418 e. The molecule has 0 aliphatic rings. The van der Waals surface area contributed by atoms with Crippen LogP contribution in [0.1, 0.15) is 15.9 Å². The van der Waals surface area contributed by atoms with Crippen LogP contribution < -0.4 is 5.32 Å². The minimum absolute atomic E-state index is 0.180. The molecule has 4 nitrogen and oxygen atoms in total. The standard InChI is InChI=1S/C16H9ClF5NO3/c17-9-2-4-13(10(6-9)16(20,21)22)23-14(24)7-26-15(25)8-1-3-11(18)12(19)5-8/h1-6H,7H2,(H,23,24). The zero-order valence-electron chi connectivity index (χ0n) is 12.7. The largest absolute Gasteiger partial charge is 0.452 e. The summed E-state index contributed by atoms with van der Waals surface area (Å²) >= 11 is 5.51. The third-order valence-electron chi connectivity index (χ3n) is 3.05. The number of carbonyl (C=O) groups is 2. The quantitative estimate of drug-likeness (QED) is 0.617. The number of ether oxygens (including phenoxy) is 1. The fourth-order valence-corrected chi connectivity index (χ4v) is 2.06. The number of anilines is 1. The van der Waals surface area contributed by atoms with E-state index in [0.717, 1.165) is 18.2 Å². The number of hydrogen-bond donors (Lipinski definition) is 1. The number of nitrogens with one attached hydrogen (secondary N) is 1. The summed E-state index contributed by atoms with van der Waals surface area (Å²) in [5.74, 6) is -4.68. The number of benzene rings is 2.